The molecule has 2 N–H and O–H groups in total. The van der Waals surface area contributed by atoms with Gasteiger partial charge in [0.1, 0.15) is 18.2 Å². The molecule has 0 aliphatic carbocycles. The van der Waals surface area contributed by atoms with E-state index >= 15 is 0 Å². The first kappa shape index (κ1) is 10.7. The first-order valence-corrected chi connectivity index (χ1v) is 4.49. The minimum Gasteiger partial charge on any atom is -0.476 e. The van der Waals surface area contributed by atoms with Crippen LogP contribution in [-0.2, 0) is 0 Å². The van der Waals surface area contributed by atoms with Crippen molar-refractivity contribution in [3.8, 4) is 5.88 Å². The van der Waals surface area contributed by atoms with E-state index in [2.05, 4.69) is 9.97 Å². The molecule has 0 bridgehead atoms. The van der Waals surface area contributed by atoms with Crippen molar-refractivity contribution in [2.75, 3.05) is 32.1 Å². The first-order valence-electron chi connectivity index (χ1n) is 4.49. The van der Waals surface area contributed by atoms with Crippen molar-refractivity contribution in [1.82, 2.24) is 9.97 Å². The Kier molecular flexibility index (Phi) is 3.64. The summed E-state index contributed by atoms with van der Waals surface area (Å²) in [6.07, 6.45) is 0. The molecule has 0 fully saturated rings. The summed E-state index contributed by atoms with van der Waals surface area (Å²) in [5, 5.41) is 0. The van der Waals surface area contributed by atoms with Crippen LogP contribution in [0.5, 0.6) is 5.88 Å². The molecule has 1 aromatic rings. The Morgan fingerprint density at radius 2 is 2.14 bits per heavy atom. The summed E-state index contributed by atoms with van der Waals surface area (Å²) >= 11 is 0. The Hall–Kier alpha value is -1.36. The van der Waals surface area contributed by atoms with Crippen molar-refractivity contribution in [3.63, 3.8) is 0 Å². The van der Waals surface area contributed by atoms with Crippen LogP contribution in [-0.4, -0.2) is 37.2 Å². The lowest BCUT2D eigenvalue weighted by Gasteiger charge is -2.13. The topological polar surface area (TPSA) is 64.3 Å². The van der Waals surface area contributed by atoms with Crippen LogP contribution in [0.15, 0.2) is 6.07 Å². The van der Waals surface area contributed by atoms with E-state index in [9.17, 15) is 0 Å². The summed E-state index contributed by atoms with van der Waals surface area (Å²) in [4.78, 5) is 10.3. The predicted molar refractivity (Wildman–Crippen MR) is 55.6 cm³/mol. The van der Waals surface area contributed by atoms with Crippen molar-refractivity contribution in [2.45, 2.75) is 6.92 Å². The molecule has 14 heavy (non-hydrogen) atoms. The second-order valence-electron chi connectivity index (χ2n) is 3.14. The highest BCUT2D eigenvalue weighted by molar-refractivity contribution is 5.39. The number of hydrogen-bond donors (Lipinski definition) is 1. The molecule has 0 aromatic carbocycles. The van der Waals surface area contributed by atoms with Crippen LogP contribution in [0.25, 0.3) is 0 Å². The molecule has 0 saturated heterocycles. The molecule has 0 spiro atoms. The number of hydrogen-bond acceptors (Lipinski definition) is 5. The van der Waals surface area contributed by atoms with Gasteiger partial charge < -0.3 is 15.4 Å². The third kappa shape index (κ3) is 2.85. The number of rotatable bonds is 4. The smallest absolute Gasteiger partial charge is 0.218 e. The van der Waals surface area contributed by atoms with Crippen LogP contribution >= 0.6 is 0 Å². The van der Waals surface area contributed by atoms with Gasteiger partial charge in [0.05, 0.1) is 0 Å². The Bertz CT molecular complexity index is 301. The zero-order valence-electron chi connectivity index (χ0n) is 8.82. The SMILES string of the molecule is Cc1nc(OCCN)cc(N(C)C)n1. The van der Waals surface area contributed by atoms with E-state index in [-0.39, 0.29) is 0 Å². The minimum atomic E-state index is 0.476. The first-order chi connectivity index (χ1) is 6.63. The molecule has 78 valence electrons. The average molecular weight is 196 g/mol. The number of ether oxygens (including phenoxy) is 1. The monoisotopic (exact) mass is 196 g/mol. The van der Waals surface area contributed by atoms with Gasteiger partial charge in [-0.3, -0.25) is 0 Å². The van der Waals surface area contributed by atoms with Gasteiger partial charge in [0, 0.05) is 26.7 Å². The fourth-order valence-electron chi connectivity index (χ4n) is 0.992. The Morgan fingerprint density at radius 1 is 1.43 bits per heavy atom. The maximum atomic E-state index is 5.33. The number of nitrogens with zero attached hydrogens (tertiary/aromatic N) is 3. The molecule has 5 heteroatoms. The van der Waals surface area contributed by atoms with Gasteiger partial charge >= 0.3 is 0 Å². The van der Waals surface area contributed by atoms with E-state index < -0.39 is 0 Å². The molecule has 5 nitrogen and oxygen atoms in total. The van der Waals surface area contributed by atoms with E-state index in [1.54, 1.807) is 6.07 Å². The van der Waals surface area contributed by atoms with Crippen molar-refractivity contribution in [1.29, 1.82) is 0 Å². The van der Waals surface area contributed by atoms with Crippen LogP contribution in [0.1, 0.15) is 5.82 Å². The zero-order valence-corrected chi connectivity index (χ0v) is 8.82. The molecule has 0 aliphatic heterocycles. The van der Waals surface area contributed by atoms with E-state index in [0.29, 0.717) is 24.9 Å². The lowest BCUT2D eigenvalue weighted by molar-refractivity contribution is 0.314. The normalized spacial score (nSPS) is 10.0. The lowest BCUT2D eigenvalue weighted by atomic mass is 10.5. The van der Waals surface area contributed by atoms with Gasteiger partial charge in [-0.2, -0.15) is 4.98 Å². The predicted octanol–water partition coefficient (Wildman–Crippen LogP) is 0.189. The molecule has 0 amide bonds. The molecule has 1 aromatic heterocycles. The quantitative estimate of drug-likeness (QED) is 0.744. The van der Waals surface area contributed by atoms with E-state index in [0.717, 1.165) is 5.82 Å². The highest BCUT2D eigenvalue weighted by atomic mass is 16.5. The van der Waals surface area contributed by atoms with Crippen LogP contribution in [0.4, 0.5) is 5.82 Å². The van der Waals surface area contributed by atoms with Gasteiger partial charge in [0.25, 0.3) is 0 Å². The molecule has 0 unspecified atom stereocenters. The van der Waals surface area contributed by atoms with Crippen LogP contribution in [0, 0.1) is 6.92 Å². The van der Waals surface area contributed by atoms with Gasteiger partial charge in [-0.05, 0) is 6.92 Å². The summed E-state index contributed by atoms with van der Waals surface area (Å²) in [6.45, 7) is 2.80. The molecule has 0 saturated carbocycles. The van der Waals surface area contributed by atoms with Gasteiger partial charge in [-0.15, -0.1) is 0 Å². The van der Waals surface area contributed by atoms with Gasteiger partial charge in [-0.25, -0.2) is 4.98 Å². The standard InChI is InChI=1S/C9H16N4O/c1-7-11-8(13(2)3)6-9(12-7)14-5-4-10/h6H,4-5,10H2,1-3H3. The highest BCUT2D eigenvalue weighted by Gasteiger charge is 2.03. The number of aryl methyl sites for hydroxylation is 1. The van der Waals surface area contributed by atoms with Crippen molar-refractivity contribution >= 4 is 5.82 Å². The molecule has 0 atom stereocenters. The van der Waals surface area contributed by atoms with Gasteiger partial charge in [0.15, 0.2) is 0 Å². The summed E-state index contributed by atoms with van der Waals surface area (Å²) in [7, 11) is 3.85. The van der Waals surface area contributed by atoms with Crippen LogP contribution < -0.4 is 15.4 Å². The number of nitrogens with two attached hydrogens (primary N) is 1. The number of aromatic nitrogens is 2. The van der Waals surface area contributed by atoms with Gasteiger partial charge in [-0.1, -0.05) is 0 Å². The maximum Gasteiger partial charge on any atom is 0.218 e. The van der Waals surface area contributed by atoms with E-state index in [4.69, 9.17) is 10.5 Å². The Morgan fingerprint density at radius 3 is 2.71 bits per heavy atom. The molecule has 1 heterocycles. The summed E-state index contributed by atoms with van der Waals surface area (Å²) in [6, 6.07) is 1.79. The second-order valence-corrected chi connectivity index (χ2v) is 3.14. The molecular weight excluding hydrogens is 180 g/mol. The minimum absolute atomic E-state index is 0.476. The Labute approximate surface area is 83.9 Å². The van der Waals surface area contributed by atoms with E-state index in [1.807, 2.05) is 25.9 Å². The fourth-order valence-corrected chi connectivity index (χ4v) is 0.992. The summed E-state index contributed by atoms with van der Waals surface area (Å²) in [5.74, 6) is 2.11. The van der Waals surface area contributed by atoms with E-state index in [1.165, 1.54) is 0 Å². The number of anilines is 1. The van der Waals surface area contributed by atoms with Gasteiger partial charge in [0.2, 0.25) is 5.88 Å². The zero-order chi connectivity index (χ0) is 10.6. The lowest BCUT2D eigenvalue weighted by Crippen LogP contribution is -2.14. The average Bonchev–Trinajstić information content (AvgIpc) is 2.14. The summed E-state index contributed by atoms with van der Waals surface area (Å²) in [5.41, 5.74) is 5.33. The van der Waals surface area contributed by atoms with Crippen LogP contribution in [0.2, 0.25) is 0 Å². The van der Waals surface area contributed by atoms with Crippen LogP contribution in [0.3, 0.4) is 0 Å². The fraction of sp³-hybridized carbons (Fsp3) is 0.556. The maximum absolute atomic E-state index is 5.33. The Balaban J connectivity index is 2.84. The highest BCUT2D eigenvalue weighted by Crippen LogP contribution is 2.14. The molecule has 1 rings (SSSR count). The molecule has 0 radical (unpaired) electrons. The van der Waals surface area contributed by atoms with Crippen molar-refractivity contribution < 1.29 is 4.74 Å². The third-order valence-electron chi connectivity index (χ3n) is 1.63. The summed E-state index contributed by atoms with van der Waals surface area (Å²) < 4.78 is 5.32. The third-order valence-corrected chi connectivity index (χ3v) is 1.63. The molecule has 0 aliphatic rings. The molecular formula is C9H16N4O. The second kappa shape index (κ2) is 4.76. The van der Waals surface area contributed by atoms with Crippen molar-refractivity contribution in [3.05, 3.63) is 11.9 Å². The van der Waals surface area contributed by atoms with Crippen molar-refractivity contribution in [2.24, 2.45) is 5.73 Å². The largest absolute Gasteiger partial charge is 0.476 e.